The van der Waals surface area contributed by atoms with Gasteiger partial charge >= 0.3 is 11.9 Å². The van der Waals surface area contributed by atoms with Gasteiger partial charge in [0.15, 0.2) is 5.75 Å². The Labute approximate surface area is 176 Å². The van der Waals surface area contributed by atoms with Crippen LogP contribution in [0.3, 0.4) is 0 Å². The van der Waals surface area contributed by atoms with Crippen molar-refractivity contribution in [2.45, 2.75) is 12.2 Å². The third-order valence-corrected chi connectivity index (χ3v) is 4.72. The van der Waals surface area contributed by atoms with Crippen LogP contribution in [0.2, 0.25) is 0 Å². The SMILES string of the molecule is COc1cc([C@H]2C=C(c3ccccc3F)Nc3nc(C(F)(F)F)nn32)cc([N+](=O)[O-])c1O. The van der Waals surface area contributed by atoms with Crippen molar-refractivity contribution < 1.29 is 32.3 Å². The van der Waals surface area contributed by atoms with Crippen LogP contribution >= 0.6 is 0 Å². The molecule has 1 aliphatic heterocycles. The third-order valence-electron chi connectivity index (χ3n) is 4.72. The molecular weight excluding hydrogens is 438 g/mol. The van der Waals surface area contributed by atoms with Gasteiger partial charge in [0.1, 0.15) is 11.9 Å². The molecule has 166 valence electrons. The molecule has 0 aliphatic carbocycles. The van der Waals surface area contributed by atoms with Crippen molar-refractivity contribution in [2.75, 3.05) is 12.4 Å². The number of benzene rings is 2. The van der Waals surface area contributed by atoms with Crippen LogP contribution in [0, 0.1) is 15.9 Å². The van der Waals surface area contributed by atoms with Crippen LogP contribution in [-0.2, 0) is 6.18 Å². The number of nitrogens with one attached hydrogen (secondary N) is 1. The maximum Gasteiger partial charge on any atom is 0.453 e. The number of hydrogen-bond acceptors (Lipinski definition) is 7. The number of allylic oxidation sites excluding steroid dienone is 1. The van der Waals surface area contributed by atoms with Gasteiger partial charge in [-0.2, -0.15) is 18.2 Å². The minimum absolute atomic E-state index is 0.0422. The lowest BCUT2D eigenvalue weighted by Gasteiger charge is -2.24. The lowest BCUT2D eigenvalue weighted by Crippen LogP contribution is -2.21. The summed E-state index contributed by atoms with van der Waals surface area (Å²) >= 11 is 0. The fraction of sp³-hybridized carbons (Fsp3) is 0.158. The van der Waals surface area contributed by atoms with Gasteiger partial charge in [0.25, 0.3) is 5.82 Å². The highest BCUT2D eigenvalue weighted by Gasteiger charge is 2.39. The lowest BCUT2D eigenvalue weighted by atomic mass is 10.0. The van der Waals surface area contributed by atoms with E-state index in [1.807, 2.05) is 0 Å². The maximum atomic E-state index is 14.4. The van der Waals surface area contributed by atoms with Crippen molar-refractivity contribution in [1.82, 2.24) is 14.8 Å². The van der Waals surface area contributed by atoms with Crippen LogP contribution in [-0.4, -0.2) is 31.9 Å². The number of nitro benzene ring substituents is 1. The van der Waals surface area contributed by atoms with E-state index in [9.17, 15) is 32.8 Å². The van der Waals surface area contributed by atoms with Crippen molar-refractivity contribution in [1.29, 1.82) is 0 Å². The third kappa shape index (κ3) is 3.57. The fourth-order valence-corrected chi connectivity index (χ4v) is 3.27. The molecule has 1 aliphatic rings. The Morgan fingerprint density at radius 1 is 1.28 bits per heavy atom. The molecule has 0 bridgehead atoms. The summed E-state index contributed by atoms with van der Waals surface area (Å²) in [6.07, 6.45) is -3.52. The predicted molar refractivity (Wildman–Crippen MR) is 102 cm³/mol. The van der Waals surface area contributed by atoms with Crippen molar-refractivity contribution in [3.05, 3.63) is 75.4 Å². The van der Waals surface area contributed by atoms with Gasteiger partial charge in [-0.15, -0.1) is 5.10 Å². The topological polar surface area (TPSA) is 115 Å². The Balaban J connectivity index is 1.95. The summed E-state index contributed by atoms with van der Waals surface area (Å²) in [6, 6.07) is 6.57. The number of aromatic nitrogens is 3. The Kier molecular flexibility index (Phi) is 4.95. The molecule has 0 spiro atoms. The smallest absolute Gasteiger partial charge is 0.453 e. The first-order valence-electron chi connectivity index (χ1n) is 8.93. The second-order valence-electron chi connectivity index (χ2n) is 6.68. The summed E-state index contributed by atoms with van der Waals surface area (Å²) < 4.78 is 59.9. The van der Waals surface area contributed by atoms with Crippen LogP contribution < -0.4 is 10.1 Å². The van der Waals surface area contributed by atoms with Gasteiger partial charge in [0.05, 0.1) is 12.0 Å². The van der Waals surface area contributed by atoms with Crippen LogP contribution in [0.25, 0.3) is 5.70 Å². The normalized spacial score (nSPS) is 15.5. The average Bonchev–Trinajstić information content (AvgIpc) is 3.18. The quantitative estimate of drug-likeness (QED) is 0.348. The van der Waals surface area contributed by atoms with E-state index >= 15 is 0 Å². The zero-order chi connectivity index (χ0) is 23.2. The van der Waals surface area contributed by atoms with Gasteiger partial charge < -0.3 is 15.2 Å². The van der Waals surface area contributed by atoms with Crippen molar-refractivity contribution in [3.8, 4) is 11.5 Å². The van der Waals surface area contributed by atoms with Gasteiger partial charge in [-0.05, 0) is 29.8 Å². The second kappa shape index (κ2) is 7.51. The van der Waals surface area contributed by atoms with Crippen LogP contribution in [0.5, 0.6) is 11.5 Å². The molecule has 0 saturated heterocycles. The highest BCUT2D eigenvalue weighted by molar-refractivity contribution is 5.77. The number of halogens is 4. The first-order valence-corrected chi connectivity index (χ1v) is 8.93. The van der Waals surface area contributed by atoms with Gasteiger partial charge in [-0.1, -0.05) is 12.1 Å². The lowest BCUT2D eigenvalue weighted by molar-refractivity contribution is -0.386. The number of rotatable bonds is 4. The molecule has 0 saturated carbocycles. The highest BCUT2D eigenvalue weighted by Crippen LogP contribution is 2.42. The zero-order valence-electron chi connectivity index (χ0n) is 16.1. The molecule has 32 heavy (non-hydrogen) atoms. The molecule has 2 aromatic carbocycles. The minimum Gasteiger partial charge on any atom is -0.500 e. The van der Waals surface area contributed by atoms with Crippen molar-refractivity contribution in [2.24, 2.45) is 0 Å². The summed E-state index contributed by atoms with van der Waals surface area (Å²) in [5, 5.41) is 27.5. The van der Waals surface area contributed by atoms with Crippen molar-refractivity contribution in [3.63, 3.8) is 0 Å². The molecule has 0 unspecified atom stereocenters. The fourth-order valence-electron chi connectivity index (χ4n) is 3.27. The van der Waals surface area contributed by atoms with E-state index in [4.69, 9.17) is 4.74 Å². The summed E-state index contributed by atoms with van der Waals surface area (Å²) in [7, 11) is 1.16. The van der Waals surface area contributed by atoms with Gasteiger partial charge in [0, 0.05) is 17.3 Å². The second-order valence-corrected chi connectivity index (χ2v) is 6.68. The van der Waals surface area contributed by atoms with E-state index in [0.29, 0.717) is 0 Å². The molecule has 3 aromatic rings. The summed E-state index contributed by atoms with van der Waals surface area (Å²) in [5.74, 6) is -3.47. The zero-order valence-corrected chi connectivity index (χ0v) is 16.1. The Bertz CT molecular complexity index is 1260. The number of phenols is 1. The van der Waals surface area contributed by atoms with Gasteiger partial charge in [0.2, 0.25) is 11.7 Å². The van der Waals surface area contributed by atoms with Crippen LogP contribution in [0.15, 0.2) is 42.5 Å². The molecule has 0 amide bonds. The number of methoxy groups -OCH3 is 1. The molecule has 1 atom stereocenters. The summed E-state index contributed by atoms with van der Waals surface area (Å²) in [5.41, 5.74) is -0.546. The molecule has 0 fully saturated rings. The van der Waals surface area contributed by atoms with E-state index in [1.54, 1.807) is 0 Å². The summed E-state index contributed by atoms with van der Waals surface area (Å²) in [4.78, 5) is 14.0. The van der Waals surface area contributed by atoms with E-state index in [2.05, 4.69) is 15.4 Å². The number of ether oxygens (including phenoxy) is 1. The largest absolute Gasteiger partial charge is 0.500 e. The van der Waals surface area contributed by atoms with Crippen LogP contribution in [0.1, 0.15) is 23.0 Å². The number of anilines is 1. The van der Waals surface area contributed by atoms with E-state index in [0.717, 1.165) is 17.9 Å². The van der Waals surface area contributed by atoms with Crippen LogP contribution in [0.4, 0.5) is 29.2 Å². The standard InChI is InChI=1S/C19H13F4N5O4/c1-32-15-7-9(6-14(16(15)29)28(30)31)13-8-12(10-4-2-3-5-11(10)20)24-18-25-17(19(21,22)23)26-27(13)18/h2-8,13,29H,1H3,(H,24,25,26)/t13-/m1/s1. The Hall–Kier alpha value is -4.16. The predicted octanol–water partition coefficient (Wildman–Crippen LogP) is 4.11. The van der Waals surface area contributed by atoms with E-state index in [-0.39, 0.29) is 28.5 Å². The maximum absolute atomic E-state index is 14.4. The number of nitrogens with zero attached hydrogens (tertiary/aromatic N) is 4. The number of hydrogen-bond donors (Lipinski definition) is 2. The minimum atomic E-state index is -4.87. The molecule has 9 nitrogen and oxygen atoms in total. The molecule has 13 heteroatoms. The number of nitro groups is 1. The first-order chi connectivity index (χ1) is 15.1. The van der Waals surface area contributed by atoms with E-state index < -0.39 is 40.2 Å². The highest BCUT2D eigenvalue weighted by atomic mass is 19.4. The molecule has 2 N–H and O–H groups in total. The monoisotopic (exact) mass is 451 g/mol. The molecule has 2 heterocycles. The summed E-state index contributed by atoms with van der Waals surface area (Å²) in [6.45, 7) is 0. The van der Waals surface area contributed by atoms with E-state index in [1.165, 1.54) is 36.4 Å². The first kappa shape index (κ1) is 21.1. The molecule has 0 radical (unpaired) electrons. The molecular formula is C19H13F4N5O4. The Morgan fingerprint density at radius 3 is 2.62 bits per heavy atom. The molecule has 1 aromatic heterocycles. The van der Waals surface area contributed by atoms with Gasteiger partial charge in [-0.3, -0.25) is 10.1 Å². The molecule has 4 rings (SSSR count). The number of phenolic OH excluding ortho intramolecular Hbond substituents is 1. The Morgan fingerprint density at radius 2 is 2.00 bits per heavy atom. The number of alkyl halides is 3. The number of fused-ring (bicyclic) bond motifs is 1. The van der Waals surface area contributed by atoms with Crippen molar-refractivity contribution >= 4 is 17.3 Å². The number of aromatic hydroxyl groups is 1. The average molecular weight is 451 g/mol. The van der Waals surface area contributed by atoms with Gasteiger partial charge in [-0.25, -0.2) is 9.07 Å².